The van der Waals surface area contributed by atoms with E-state index in [-0.39, 0.29) is 19.4 Å². The highest BCUT2D eigenvalue weighted by molar-refractivity contribution is 7.89. The third-order valence-electron chi connectivity index (χ3n) is 4.47. The number of ether oxygens (including phenoxy) is 1. The van der Waals surface area contributed by atoms with E-state index in [0.717, 1.165) is 0 Å². The summed E-state index contributed by atoms with van der Waals surface area (Å²) in [5, 5.41) is 6.18. The van der Waals surface area contributed by atoms with Crippen LogP contribution in [0.5, 0.6) is 0 Å². The molecule has 24 heavy (non-hydrogen) atoms. The minimum Gasteiger partial charge on any atom is -0.481 e. The van der Waals surface area contributed by atoms with Crippen molar-refractivity contribution in [2.24, 2.45) is 5.92 Å². The maximum absolute atomic E-state index is 13.3. The molecule has 138 valence electrons. The van der Waals surface area contributed by atoms with E-state index in [1.807, 2.05) is 0 Å². The Bertz CT molecular complexity index is 620. The molecule has 4 unspecified atom stereocenters. The van der Waals surface area contributed by atoms with Crippen LogP contribution in [0.1, 0.15) is 32.6 Å². The first kappa shape index (κ1) is 19.0. The Morgan fingerprint density at radius 3 is 2.42 bits per heavy atom. The van der Waals surface area contributed by atoms with Crippen molar-refractivity contribution in [2.75, 3.05) is 6.61 Å². The lowest BCUT2D eigenvalue weighted by Gasteiger charge is -2.28. The first-order chi connectivity index (χ1) is 11.0. The molecular weight excluding hydrogens is 355 g/mol. The number of alkyl halides is 3. The number of aliphatic carboxylic acids is 1. The monoisotopic (exact) mass is 373 g/mol. The summed E-state index contributed by atoms with van der Waals surface area (Å²) >= 11 is 0. The number of sulfonamides is 1. The fraction of sp³-hybridized carbons (Fsp3) is 0.846. The molecular formula is C13H18F3NO6S. The van der Waals surface area contributed by atoms with Crippen molar-refractivity contribution in [3.05, 3.63) is 0 Å². The number of halogens is 3. The van der Waals surface area contributed by atoms with Crippen molar-refractivity contribution < 1.29 is 41.0 Å². The fourth-order valence-corrected chi connectivity index (χ4v) is 5.72. The van der Waals surface area contributed by atoms with Crippen molar-refractivity contribution in [1.82, 2.24) is 4.31 Å². The molecule has 0 aromatic heterocycles. The van der Waals surface area contributed by atoms with Crippen LogP contribution in [0.15, 0.2) is 0 Å². The van der Waals surface area contributed by atoms with Gasteiger partial charge in [-0.2, -0.15) is 17.5 Å². The van der Waals surface area contributed by atoms with E-state index in [1.165, 1.54) is 6.92 Å². The summed E-state index contributed by atoms with van der Waals surface area (Å²) in [4.78, 5) is 22.6. The second kappa shape index (κ2) is 6.51. The minimum absolute atomic E-state index is 0.0107. The van der Waals surface area contributed by atoms with Crippen molar-refractivity contribution in [3.8, 4) is 0 Å². The van der Waals surface area contributed by atoms with Gasteiger partial charge in [0.15, 0.2) is 5.25 Å². The summed E-state index contributed by atoms with van der Waals surface area (Å²) in [6, 6.07) is -1.77. The summed E-state index contributed by atoms with van der Waals surface area (Å²) in [5.74, 6) is -3.50. The predicted molar refractivity (Wildman–Crippen MR) is 74.4 cm³/mol. The number of carbonyl (C=O) groups is 2. The van der Waals surface area contributed by atoms with Crippen molar-refractivity contribution in [1.29, 1.82) is 0 Å². The maximum Gasteiger partial charge on any atom is 0.407 e. The minimum atomic E-state index is -5.16. The van der Waals surface area contributed by atoms with Crippen molar-refractivity contribution >= 4 is 22.0 Å². The summed E-state index contributed by atoms with van der Waals surface area (Å²) in [7, 11) is -4.93. The van der Waals surface area contributed by atoms with Gasteiger partial charge in [0.1, 0.15) is 0 Å². The molecule has 4 atom stereocenters. The molecule has 2 rings (SSSR count). The molecule has 0 aromatic carbocycles. The molecule has 0 spiro atoms. The Morgan fingerprint density at radius 2 is 1.96 bits per heavy atom. The Kier molecular flexibility index (Phi) is 5.14. The number of rotatable bonds is 6. The molecule has 0 radical (unpaired) electrons. The summed E-state index contributed by atoms with van der Waals surface area (Å²) in [5.41, 5.74) is 0. The highest BCUT2D eigenvalue weighted by Crippen LogP contribution is 2.46. The lowest BCUT2D eigenvalue weighted by Crippen LogP contribution is -2.49. The van der Waals surface area contributed by atoms with E-state index in [2.05, 4.69) is 4.74 Å². The second-order valence-electron chi connectivity index (χ2n) is 5.89. The third-order valence-corrected chi connectivity index (χ3v) is 6.78. The van der Waals surface area contributed by atoms with Gasteiger partial charge in [-0.3, -0.25) is 9.59 Å². The summed E-state index contributed by atoms with van der Waals surface area (Å²) in [6.07, 6.45) is -5.99. The van der Waals surface area contributed by atoms with Gasteiger partial charge >= 0.3 is 18.1 Å². The normalized spacial score (nSPS) is 28.8. The average Bonchev–Trinajstić information content (AvgIpc) is 3.02. The molecule has 7 nitrogen and oxygen atoms in total. The van der Waals surface area contributed by atoms with Gasteiger partial charge in [-0.05, 0) is 26.2 Å². The largest absolute Gasteiger partial charge is 0.481 e. The smallest absolute Gasteiger partial charge is 0.407 e. The van der Waals surface area contributed by atoms with Crippen molar-refractivity contribution in [2.45, 2.75) is 56.1 Å². The lowest BCUT2D eigenvalue weighted by atomic mass is 9.89. The Labute approximate surface area is 136 Å². The molecule has 2 fully saturated rings. The number of fused-ring (bicyclic) bond motifs is 2. The van der Waals surface area contributed by atoms with Crippen LogP contribution in [0.2, 0.25) is 0 Å². The zero-order chi connectivity index (χ0) is 18.3. The second-order valence-corrected chi connectivity index (χ2v) is 7.91. The van der Waals surface area contributed by atoms with Gasteiger partial charge < -0.3 is 9.84 Å². The number of hydrogen-bond acceptors (Lipinski definition) is 5. The number of esters is 1. The van der Waals surface area contributed by atoms with Crippen LogP contribution in [0.4, 0.5) is 13.2 Å². The molecule has 2 heterocycles. The molecule has 0 aliphatic carbocycles. The summed E-state index contributed by atoms with van der Waals surface area (Å²) in [6.45, 7) is 1.23. The van der Waals surface area contributed by atoms with E-state index in [0.29, 0.717) is 10.7 Å². The van der Waals surface area contributed by atoms with E-state index in [4.69, 9.17) is 5.11 Å². The van der Waals surface area contributed by atoms with Crippen LogP contribution in [0, 0.1) is 5.92 Å². The number of nitrogens with zero attached hydrogens (tertiary/aromatic N) is 1. The third kappa shape index (κ3) is 3.37. The molecule has 11 heteroatoms. The first-order valence-electron chi connectivity index (χ1n) is 7.47. The highest BCUT2D eigenvalue weighted by atomic mass is 32.2. The highest BCUT2D eigenvalue weighted by Gasteiger charge is 2.60. The molecule has 2 bridgehead atoms. The topological polar surface area (TPSA) is 101 Å². The number of carboxylic acid groups (broad SMARTS) is 1. The quantitative estimate of drug-likeness (QED) is 0.701. The van der Waals surface area contributed by atoms with Crippen LogP contribution in [-0.2, 0) is 24.3 Å². The first-order valence-corrected chi connectivity index (χ1v) is 8.98. The molecule has 2 aliphatic heterocycles. The maximum atomic E-state index is 13.3. The SMILES string of the molecule is CCOC(=O)CC(C(F)(F)F)S(=O)(=O)N1C2CCC1C(C(=O)O)C2. The number of carboxylic acids is 1. The van der Waals surface area contributed by atoms with Crippen LogP contribution in [0.3, 0.4) is 0 Å². The molecule has 0 amide bonds. The van der Waals surface area contributed by atoms with E-state index in [9.17, 15) is 31.2 Å². The molecule has 2 saturated heterocycles. The Morgan fingerprint density at radius 1 is 1.33 bits per heavy atom. The molecule has 2 aliphatic rings. The Balaban J connectivity index is 2.32. The lowest BCUT2D eigenvalue weighted by molar-refractivity contribution is -0.155. The summed E-state index contributed by atoms with van der Waals surface area (Å²) < 4.78 is 70.0. The number of carbonyl (C=O) groups excluding carboxylic acids is 1. The van der Waals surface area contributed by atoms with E-state index in [1.54, 1.807) is 0 Å². The van der Waals surface area contributed by atoms with Crippen LogP contribution < -0.4 is 0 Å². The predicted octanol–water partition coefficient (Wildman–Crippen LogP) is 1.14. The number of hydrogen-bond donors (Lipinski definition) is 1. The zero-order valence-corrected chi connectivity index (χ0v) is 13.6. The Hall–Kier alpha value is -1.36. The standard InChI is InChI=1S/C13H18F3NO6S/c1-2-23-11(18)6-10(13(14,15)16)24(21,22)17-7-3-4-9(17)8(5-7)12(19)20/h7-10H,2-6H2,1H3,(H,19,20). The van der Waals surface area contributed by atoms with Gasteiger partial charge in [0.25, 0.3) is 0 Å². The fourth-order valence-electron chi connectivity index (χ4n) is 3.51. The van der Waals surface area contributed by atoms with Gasteiger partial charge in [-0.15, -0.1) is 0 Å². The van der Waals surface area contributed by atoms with E-state index >= 15 is 0 Å². The van der Waals surface area contributed by atoms with Crippen LogP contribution in [0.25, 0.3) is 0 Å². The van der Waals surface area contributed by atoms with Gasteiger partial charge in [-0.1, -0.05) is 0 Å². The zero-order valence-electron chi connectivity index (χ0n) is 12.8. The van der Waals surface area contributed by atoms with Crippen LogP contribution in [-0.4, -0.2) is 59.9 Å². The van der Waals surface area contributed by atoms with Gasteiger partial charge in [-0.25, -0.2) is 8.42 Å². The molecule has 1 N–H and O–H groups in total. The van der Waals surface area contributed by atoms with Gasteiger partial charge in [0.2, 0.25) is 10.0 Å². The average molecular weight is 373 g/mol. The molecule has 0 aromatic rings. The van der Waals surface area contributed by atoms with E-state index < -0.39 is 57.8 Å². The van der Waals surface area contributed by atoms with Crippen molar-refractivity contribution in [3.63, 3.8) is 0 Å². The van der Waals surface area contributed by atoms with Gasteiger partial charge in [0, 0.05) is 12.1 Å². The van der Waals surface area contributed by atoms with Gasteiger partial charge in [0.05, 0.1) is 18.9 Å². The molecule has 0 saturated carbocycles. The van der Waals surface area contributed by atoms with Crippen LogP contribution >= 0.6 is 0 Å².